The Morgan fingerprint density at radius 3 is 1.80 bits per heavy atom. The highest BCUT2D eigenvalue weighted by Gasteiger charge is 2.40. The van der Waals surface area contributed by atoms with E-state index in [0.29, 0.717) is 48.6 Å². The summed E-state index contributed by atoms with van der Waals surface area (Å²) in [5.74, 6) is -0.0491. The molecule has 284 valence electrons. The summed E-state index contributed by atoms with van der Waals surface area (Å²) in [5.41, 5.74) is 4.62. The van der Waals surface area contributed by atoms with Crippen molar-refractivity contribution in [1.29, 1.82) is 0 Å². The van der Waals surface area contributed by atoms with Crippen molar-refractivity contribution in [1.82, 2.24) is 14.7 Å². The van der Waals surface area contributed by atoms with Gasteiger partial charge >= 0.3 is 0 Å². The van der Waals surface area contributed by atoms with Crippen molar-refractivity contribution in [2.75, 3.05) is 37.8 Å². The van der Waals surface area contributed by atoms with Gasteiger partial charge in [0.15, 0.2) is 0 Å². The Bertz CT molecular complexity index is 2150. The van der Waals surface area contributed by atoms with Crippen LogP contribution in [0.3, 0.4) is 0 Å². The van der Waals surface area contributed by atoms with E-state index in [4.69, 9.17) is 4.42 Å². The number of nitrogens with zero attached hydrogens (tertiary/aromatic N) is 3. The van der Waals surface area contributed by atoms with Gasteiger partial charge in [0.05, 0.1) is 5.92 Å². The number of rotatable bonds is 11. The van der Waals surface area contributed by atoms with Gasteiger partial charge in [-0.15, -0.1) is 0 Å². The minimum atomic E-state index is -0.559. The molecule has 55 heavy (non-hydrogen) atoms. The van der Waals surface area contributed by atoms with Gasteiger partial charge in [0.1, 0.15) is 29.5 Å². The zero-order chi connectivity index (χ0) is 38.6. The number of carbonyl (C=O) groups excluding carboxylic acids is 4. The second kappa shape index (κ2) is 16.3. The van der Waals surface area contributed by atoms with Crippen LogP contribution in [0.2, 0.25) is 0 Å². The van der Waals surface area contributed by atoms with Crippen LogP contribution in [0.1, 0.15) is 62.6 Å². The molecule has 2 aliphatic rings. The number of likely N-dealkylation sites (tertiary alicyclic amines) is 2. The first-order chi connectivity index (χ1) is 26.6. The van der Waals surface area contributed by atoms with E-state index in [1.807, 2.05) is 136 Å². The number of hydrogen-bond acceptors (Lipinski definition) is 6. The van der Waals surface area contributed by atoms with E-state index in [0.717, 1.165) is 34.9 Å². The summed E-state index contributed by atoms with van der Waals surface area (Å²) in [5, 5.41) is 6.90. The molecule has 2 fully saturated rings. The van der Waals surface area contributed by atoms with E-state index < -0.39 is 18.1 Å². The first-order valence-corrected chi connectivity index (χ1v) is 19.2. The Labute approximate surface area is 322 Å². The highest BCUT2D eigenvalue weighted by atomic mass is 16.3. The van der Waals surface area contributed by atoms with Gasteiger partial charge in [-0.05, 0) is 105 Å². The molecule has 2 saturated heterocycles. The molecule has 7 rings (SSSR count). The van der Waals surface area contributed by atoms with Crippen LogP contribution in [0.5, 0.6) is 0 Å². The number of fused-ring (bicyclic) bond motifs is 1. The van der Waals surface area contributed by atoms with E-state index in [2.05, 4.69) is 10.6 Å². The molecule has 4 aromatic carbocycles. The summed E-state index contributed by atoms with van der Waals surface area (Å²) in [6, 6.07) is 32.8. The van der Waals surface area contributed by atoms with Crippen molar-refractivity contribution in [3.8, 4) is 11.3 Å². The first-order valence-electron chi connectivity index (χ1n) is 19.2. The van der Waals surface area contributed by atoms with E-state index in [-0.39, 0.29) is 35.5 Å². The molecule has 0 radical (unpaired) electrons. The summed E-state index contributed by atoms with van der Waals surface area (Å²) < 4.78 is 6.17. The lowest BCUT2D eigenvalue weighted by Gasteiger charge is -2.31. The van der Waals surface area contributed by atoms with Crippen molar-refractivity contribution in [3.05, 3.63) is 120 Å². The van der Waals surface area contributed by atoms with Gasteiger partial charge in [-0.2, -0.15) is 0 Å². The molecule has 0 bridgehead atoms. The summed E-state index contributed by atoms with van der Waals surface area (Å²) in [6.45, 7) is 5.19. The summed E-state index contributed by atoms with van der Waals surface area (Å²) in [4.78, 5) is 60.0. The smallest absolute Gasteiger partial charge is 0.247 e. The van der Waals surface area contributed by atoms with Crippen LogP contribution in [-0.2, 0) is 19.2 Å². The number of amides is 4. The Morgan fingerprint density at radius 2 is 1.22 bits per heavy atom. The largest absolute Gasteiger partial charge is 0.456 e. The summed E-state index contributed by atoms with van der Waals surface area (Å²) in [6.07, 6.45) is 2.77. The molecule has 10 heteroatoms. The summed E-state index contributed by atoms with van der Waals surface area (Å²) in [7, 11) is 3.76. The van der Waals surface area contributed by atoms with E-state index in [9.17, 15) is 19.2 Å². The molecule has 3 heterocycles. The molecular formula is C45H49N5O5. The second-order valence-electron chi connectivity index (χ2n) is 15.2. The SMILES string of the molecule is CC(C)[C@@H](C(=O)N1CCC[C@H]1C(=O)Nc1ccc(-c2cc3cc(NC(=O)[C@@H]4CCCN4C(=O)[C@@H](c4ccccc4)N(C)C)ccc3o2)cc1)c1ccccc1. The topological polar surface area (TPSA) is 115 Å². The normalized spacial score (nSPS) is 18.1. The van der Waals surface area contributed by atoms with Crippen molar-refractivity contribution in [2.45, 2.75) is 63.6 Å². The van der Waals surface area contributed by atoms with Gasteiger partial charge in [0.25, 0.3) is 0 Å². The van der Waals surface area contributed by atoms with Gasteiger partial charge < -0.3 is 24.9 Å². The first kappa shape index (κ1) is 37.6. The quantitative estimate of drug-likeness (QED) is 0.144. The third kappa shape index (κ3) is 8.05. The Kier molecular flexibility index (Phi) is 11.2. The van der Waals surface area contributed by atoms with Crippen LogP contribution in [0.4, 0.5) is 11.4 Å². The monoisotopic (exact) mass is 739 g/mol. The number of benzene rings is 4. The van der Waals surface area contributed by atoms with Gasteiger partial charge in [0.2, 0.25) is 23.6 Å². The van der Waals surface area contributed by atoms with E-state index in [1.54, 1.807) is 15.9 Å². The van der Waals surface area contributed by atoms with Crippen molar-refractivity contribution in [2.24, 2.45) is 5.92 Å². The Balaban J connectivity index is 0.992. The highest BCUT2D eigenvalue weighted by molar-refractivity contribution is 6.00. The minimum absolute atomic E-state index is 0.00519. The lowest BCUT2D eigenvalue weighted by Crippen LogP contribution is -2.47. The molecule has 2 aliphatic heterocycles. The molecule has 0 aliphatic carbocycles. The van der Waals surface area contributed by atoms with Crippen LogP contribution >= 0.6 is 0 Å². The number of furan rings is 1. The molecule has 0 unspecified atom stereocenters. The van der Waals surface area contributed by atoms with Crippen molar-refractivity contribution < 1.29 is 23.6 Å². The van der Waals surface area contributed by atoms with E-state index >= 15 is 0 Å². The lowest BCUT2D eigenvalue weighted by molar-refractivity contribution is -0.140. The molecular weight excluding hydrogens is 691 g/mol. The molecule has 0 saturated carbocycles. The fraction of sp³-hybridized carbons (Fsp3) is 0.333. The number of hydrogen-bond donors (Lipinski definition) is 2. The number of carbonyl (C=O) groups is 4. The average molecular weight is 740 g/mol. The Hall–Kier alpha value is -5.74. The molecule has 1 aromatic heterocycles. The van der Waals surface area contributed by atoms with Crippen LogP contribution < -0.4 is 10.6 Å². The average Bonchev–Trinajstić information content (AvgIpc) is 3.96. The molecule has 10 nitrogen and oxygen atoms in total. The molecule has 4 amide bonds. The third-order valence-electron chi connectivity index (χ3n) is 10.9. The van der Waals surface area contributed by atoms with Crippen molar-refractivity contribution in [3.63, 3.8) is 0 Å². The Morgan fingerprint density at radius 1 is 0.673 bits per heavy atom. The molecule has 2 N–H and O–H groups in total. The fourth-order valence-electron chi connectivity index (χ4n) is 8.14. The fourth-order valence-corrected chi connectivity index (χ4v) is 8.14. The van der Waals surface area contributed by atoms with Gasteiger partial charge in [-0.1, -0.05) is 74.5 Å². The number of nitrogens with one attached hydrogen (secondary N) is 2. The van der Waals surface area contributed by atoms with E-state index in [1.165, 1.54) is 0 Å². The maximum atomic E-state index is 13.8. The predicted molar refractivity (Wildman–Crippen MR) is 215 cm³/mol. The zero-order valence-electron chi connectivity index (χ0n) is 31.9. The highest BCUT2D eigenvalue weighted by Crippen LogP contribution is 2.33. The third-order valence-corrected chi connectivity index (χ3v) is 10.9. The second-order valence-corrected chi connectivity index (χ2v) is 15.2. The molecule has 5 aromatic rings. The van der Waals surface area contributed by atoms with Gasteiger partial charge in [-0.3, -0.25) is 24.1 Å². The van der Waals surface area contributed by atoms with Gasteiger partial charge in [-0.25, -0.2) is 0 Å². The number of anilines is 2. The van der Waals surface area contributed by atoms with Gasteiger partial charge in [0, 0.05) is 35.4 Å². The minimum Gasteiger partial charge on any atom is -0.456 e. The number of likely N-dealkylation sites (N-methyl/N-ethyl adjacent to an activating group) is 1. The van der Waals surface area contributed by atoms with Crippen LogP contribution in [0.15, 0.2) is 114 Å². The predicted octanol–water partition coefficient (Wildman–Crippen LogP) is 7.70. The maximum absolute atomic E-state index is 13.8. The standard InChI is InChI=1S/C45H49N5O5/c1-29(2)40(31-13-7-5-8-14-31)44(53)49-25-11-17-36(49)42(51)46-34-21-19-30(20-22-34)39-28-33-27-35(23-24-38(33)55-39)47-43(52)37-18-12-26-50(37)45(54)41(48(3)4)32-15-9-6-10-16-32/h5-10,13-16,19-24,27-29,36-37,40-41H,11-12,17-18,25-26H2,1-4H3,(H,46,51)(H,47,52)/t36-,37-,40+,41+/m0/s1. The summed E-state index contributed by atoms with van der Waals surface area (Å²) >= 11 is 0. The zero-order valence-corrected chi connectivity index (χ0v) is 31.9. The van der Waals surface area contributed by atoms with Crippen LogP contribution in [0.25, 0.3) is 22.3 Å². The van der Waals surface area contributed by atoms with Crippen molar-refractivity contribution >= 4 is 46.0 Å². The molecule has 0 spiro atoms. The van der Waals surface area contributed by atoms with Crippen LogP contribution in [-0.4, -0.2) is 77.6 Å². The molecule has 4 atom stereocenters. The lowest BCUT2D eigenvalue weighted by atomic mass is 9.87. The maximum Gasteiger partial charge on any atom is 0.247 e. The van der Waals surface area contributed by atoms with Crippen LogP contribution in [0, 0.1) is 5.92 Å².